The van der Waals surface area contributed by atoms with Gasteiger partial charge in [0, 0.05) is 0 Å². The van der Waals surface area contributed by atoms with E-state index in [1.807, 2.05) is 0 Å². The summed E-state index contributed by atoms with van der Waals surface area (Å²) in [6.45, 7) is 0. The molecule has 0 atom stereocenters. The third kappa shape index (κ3) is 1.12. The summed E-state index contributed by atoms with van der Waals surface area (Å²) in [5.41, 5.74) is 0. The first kappa shape index (κ1) is 7.11. The van der Waals surface area contributed by atoms with Crippen LogP contribution >= 0.6 is 0 Å². The molecule has 0 radical (unpaired) electrons. The van der Waals surface area contributed by atoms with Gasteiger partial charge in [0.15, 0.2) is 0 Å². The van der Waals surface area contributed by atoms with Gasteiger partial charge in [0.1, 0.15) is 12.4 Å². The van der Waals surface area contributed by atoms with Crippen molar-refractivity contribution in [2.75, 3.05) is 0 Å². The van der Waals surface area contributed by atoms with Gasteiger partial charge in [-0.2, -0.15) is 13.2 Å². The highest BCUT2D eigenvalue weighted by Gasteiger charge is 2.41. The molecule has 1 rings (SSSR count). The molecule has 0 amide bonds. The molecule has 0 fully saturated rings. The van der Waals surface area contributed by atoms with Gasteiger partial charge in [0.25, 0.3) is 0 Å². The number of halogens is 3. The lowest BCUT2D eigenvalue weighted by atomic mass is 10.6. The van der Waals surface area contributed by atoms with E-state index in [9.17, 15) is 13.2 Å². The highest BCUT2D eigenvalue weighted by molar-refractivity contribution is 4.82. The predicted octanol–water partition coefficient (Wildman–Crippen LogP) is 0.858. The van der Waals surface area contributed by atoms with Crippen LogP contribution in [0.4, 0.5) is 13.2 Å². The Morgan fingerprint density at radius 1 is 1.50 bits per heavy atom. The maximum Gasteiger partial charge on any atom is 0.494 e. The zero-order valence-electron chi connectivity index (χ0n) is 5.24. The van der Waals surface area contributed by atoms with Crippen LogP contribution in [-0.4, -0.2) is 4.98 Å². The standard InChI is InChI=1S/C5H5F3N2/c1-10-3-2-9-4(10)5(6,7)8/h2-3H,1H3/p+1. The molecule has 0 bridgehead atoms. The van der Waals surface area contributed by atoms with Crippen molar-refractivity contribution in [1.82, 2.24) is 4.98 Å². The van der Waals surface area contributed by atoms with Crippen molar-refractivity contribution in [2.45, 2.75) is 6.18 Å². The molecule has 2 nitrogen and oxygen atoms in total. The average Bonchev–Trinajstić information content (AvgIpc) is 2.11. The van der Waals surface area contributed by atoms with Crippen LogP contribution in [0.2, 0.25) is 0 Å². The van der Waals surface area contributed by atoms with Crippen LogP contribution in [0.15, 0.2) is 12.4 Å². The predicted molar refractivity (Wildman–Crippen MR) is 27.0 cm³/mol. The number of aromatic amines is 1. The molecule has 56 valence electrons. The van der Waals surface area contributed by atoms with Crippen molar-refractivity contribution in [1.29, 1.82) is 0 Å². The van der Waals surface area contributed by atoms with Gasteiger partial charge in [-0.1, -0.05) is 0 Å². The molecule has 1 heterocycles. The molecular formula is C5H6F3N2+. The van der Waals surface area contributed by atoms with Gasteiger partial charge in [0.05, 0.1) is 7.05 Å². The SMILES string of the molecule is C[n+]1cc[nH]c1C(F)(F)F. The third-order valence-electron chi connectivity index (χ3n) is 1.14. The third-order valence-corrected chi connectivity index (χ3v) is 1.14. The zero-order valence-corrected chi connectivity index (χ0v) is 5.24. The summed E-state index contributed by atoms with van der Waals surface area (Å²) < 4.78 is 36.5. The second-order valence-electron chi connectivity index (χ2n) is 1.92. The van der Waals surface area contributed by atoms with E-state index in [0.717, 1.165) is 4.57 Å². The molecular weight excluding hydrogens is 145 g/mol. The van der Waals surface area contributed by atoms with Crippen LogP contribution in [0, 0.1) is 0 Å². The van der Waals surface area contributed by atoms with Gasteiger partial charge < -0.3 is 0 Å². The summed E-state index contributed by atoms with van der Waals surface area (Å²) in [5.74, 6) is -0.743. The van der Waals surface area contributed by atoms with Crippen molar-refractivity contribution < 1.29 is 17.7 Å². The van der Waals surface area contributed by atoms with E-state index in [1.54, 1.807) is 0 Å². The average molecular weight is 151 g/mol. The summed E-state index contributed by atoms with van der Waals surface area (Å²) in [4.78, 5) is 2.08. The quantitative estimate of drug-likeness (QED) is 0.530. The van der Waals surface area contributed by atoms with Crippen LogP contribution in [0.25, 0.3) is 0 Å². The van der Waals surface area contributed by atoms with E-state index in [2.05, 4.69) is 4.98 Å². The largest absolute Gasteiger partial charge is 0.494 e. The van der Waals surface area contributed by atoms with Crippen LogP contribution in [0.3, 0.4) is 0 Å². The second-order valence-corrected chi connectivity index (χ2v) is 1.92. The number of nitrogens with one attached hydrogen (secondary N) is 1. The smallest absolute Gasteiger partial charge is 0.240 e. The van der Waals surface area contributed by atoms with Gasteiger partial charge in [-0.3, -0.25) is 0 Å². The van der Waals surface area contributed by atoms with Gasteiger partial charge in [-0.05, 0) is 0 Å². The molecule has 0 saturated heterocycles. The molecule has 0 unspecified atom stereocenters. The molecule has 0 aliphatic heterocycles. The van der Waals surface area contributed by atoms with E-state index in [-0.39, 0.29) is 0 Å². The topological polar surface area (TPSA) is 19.7 Å². The highest BCUT2D eigenvalue weighted by Crippen LogP contribution is 2.24. The van der Waals surface area contributed by atoms with Crippen LogP contribution in [-0.2, 0) is 13.2 Å². The molecule has 0 aliphatic rings. The number of nitrogens with zero attached hydrogens (tertiary/aromatic N) is 1. The normalized spacial score (nSPS) is 12.0. The lowest BCUT2D eigenvalue weighted by molar-refractivity contribution is -0.690. The van der Waals surface area contributed by atoms with Crippen molar-refractivity contribution in [3.8, 4) is 0 Å². The minimum atomic E-state index is -4.28. The van der Waals surface area contributed by atoms with E-state index < -0.39 is 12.0 Å². The van der Waals surface area contributed by atoms with E-state index >= 15 is 0 Å². The Balaban J connectivity index is 3.05. The molecule has 0 spiro atoms. The van der Waals surface area contributed by atoms with Gasteiger partial charge in [-0.15, -0.1) is 0 Å². The fourth-order valence-corrected chi connectivity index (χ4v) is 0.686. The van der Waals surface area contributed by atoms with Gasteiger partial charge in [-0.25, -0.2) is 9.55 Å². The minimum absolute atomic E-state index is 0.743. The van der Waals surface area contributed by atoms with Crippen LogP contribution in [0.1, 0.15) is 5.82 Å². The molecule has 1 aromatic heterocycles. The summed E-state index contributed by atoms with van der Waals surface area (Å²) in [6.07, 6.45) is -1.73. The Morgan fingerprint density at radius 2 is 2.10 bits per heavy atom. The summed E-state index contributed by atoms with van der Waals surface area (Å²) in [7, 11) is 1.33. The lowest BCUT2D eigenvalue weighted by Crippen LogP contribution is -2.35. The van der Waals surface area contributed by atoms with Crippen molar-refractivity contribution in [2.24, 2.45) is 7.05 Å². The molecule has 0 aliphatic carbocycles. The van der Waals surface area contributed by atoms with Gasteiger partial charge in [0.2, 0.25) is 0 Å². The highest BCUT2D eigenvalue weighted by atomic mass is 19.4. The Morgan fingerprint density at radius 3 is 2.30 bits per heavy atom. The second kappa shape index (κ2) is 2.00. The molecule has 0 saturated carbocycles. The zero-order chi connectivity index (χ0) is 7.78. The first-order valence-electron chi connectivity index (χ1n) is 2.62. The van der Waals surface area contributed by atoms with Crippen molar-refractivity contribution >= 4 is 0 Å². The van der Waals surface area contributed by atoms with E-state index in [0.29, 0.717) is 0 Å². The van der Waals surface area contributed by atoms with Crippen molar-refractivity contribution in [3.63, 3.8) is 0 Å². The van der Waals surface area contributed by atoms with Gasteiger partial charge >= 0.3 is 12.0 Å². The number of hydrogen-bond acceptors (Lipinski definition) is 0. The number of aryl methyl sites for hydroxylation is 1. The lowest BCUT2D eigenvalue weighted by Gasteiger charge is -1.97. The molecule has 1 N–H and O–H groups in total. The Bertz CT molecular complexity index is 225. The summed E-state index contributed by atoms with van der Waals surface area (Å²) in [6, 6.07) is 0. The number of alkyl halides is 3. The number of hydrogen-bond donors (Lipinski definition) is 1. The Hall–Kier alpha value is -1.00. The number of rotatable bonds is 0. The minimum Gasteiger partial charge on any atom is -0.240 e. The maximum atomic E-state index is 11.8. The fraction of sp³-hybridized carbons (Fsp3) is 0.400. The van der Waals surface area contributed by atoms with E-state index in [1.165, 1.54) is 19.4 Å². The summed E-state index contributed by atoms with van der Waals surface area (Å²) in [5, 5.41) is 0. The Labute approximate surface area is 55.3 Å². The molecule has 5 heteroatoms. The molecule has 1 aromatic rings. The number of imidazole rings is 1. The van der Waals surface area contributed by atoms with Crippen molar-refractivity contribution in [3.05, 3.63) is 18.2 Å². The van der Waals surface area contributed by atoms with E-state index in [4.69, 9.17) is 0 Å². The summed E-state index contributed by atoms with van der Waals surface area (Å²) >= 11 is 0. The Kier molecular flexibility index (Phi) is 1.42. The monoisotopic (exact) mass is 151 g/mol. The first-order valence-corrected chi connectivity index (χ1v) is 2.62. The maximum absolute atomic E-state index is 11.8. The first-order chi connectivity index (χ1) is 4.52. The molecule has 10 heavy (non-hydrogen) atoms. The van der Waals surface area contributed by atoms with Crippen LogP contribution in [0.5, 0.6) is 0 Å². The number of aromatic nitrogens is 2. The fourth-order valence-electron chi connectivity index (χ4n) is 0.686. The molecule has 0 aromatic carbocycles. The van der Waals surface area contributed by atoms with Crippen LogP contribution < -0.4 is 4.57 Å². The number of H-pyrrole nitrogens is 1.